The molecule has 4 aromatic rings. The van der Waals surface area contributed by atoms with E-state index < -0.39 is 17.6 Å². The molecule has 0 radical (unpaired) electrons. The van der Waals surface area contributed by atoms with Crippen molar-refractivity contribution in [3.05, 3.63) is 88.1 Å². The van der Waals surface area contributed by atoms with Crippen molar-refractivity contribution < 1.29 is 22.7 Å². The van der Waals surface area contributed by atoms with Crippen LogP contribution < -0.4 is 10.1 Å². The highest BCUT2D eigenvalue weighted by Gasteiger charge is 2.31. The monoisotopic (exact) mass is 533 g/mol. The predicted octanol–water partition coefficient (Wildman–Crippen LogP) is 6.87. The minimum atomic E-state index is -4.64. The minimum absolute atomic E-state index is 0.0959. The van der Waals surface area contributed by atoms with E-state index in [-0.39, 0.29) is 32.9 Å². The fourth-order valence-electron chi connectivity index (χ4n) is 3.11. The normalized spacial score (nSPS) is 11.3. The number of benzene rings is 2. The summed E-state index contributed by atoms with van der Waals surface area (Å²) in [6.45, 7) is 1.91. The Morgan fingerprint density at radius 1 is 1.03 bits per heavy atom. The third-order valence-electron chi connectivity index (χ3n) is 4.89. The number of hydrogen-bond acceptors (Lipinski definition) is 6. The van der Waals surface area contributed by atoms with E-state index in [1.165, 1.54) is 24.7 Å². The standard InChI is InChI=1S/C24H16Cl2F3N5O2/c1-2-20-31-12-32-21(34-20)15-4-3-9-30-23(15)36-14-6-8-18(26)19(11-14)33-22(35)16-10-13(24(27,28)29)5-7-17(16)25/h3-12H,2H2,1H3,(H,33,35). The Kier molecular flexibility index (Phi) is 7.37. The Morgan fingerprint density at radius 2 is 1.81 bits per heavy atom. The molecule has 0 aliphatic carbocycles. The van der Waals surface area contributed by atoms with E-state index in [0.29, 0.717) is 29.7 Å². The molecule has 0 spiro atoms. The molecule has 1 amide bonds. The number of aryl methyl sites for hydroxylation is 1. The first kappa shape index (κ1) is 25.3. The van der Waals surface area contributed by atoms with Gasteiger partial charge in [0.25, 0.3) is 5.91 Å². The average molecular weight is 534 g/mol. The first-order valence-corrected chi connectivity index (χ1v) is 11.2. The summed E-state index contributed by atoms with van der Waals surface area (Å²) in [5, 5.41) is 2.46. The molecular formula is C24H16Cl2F3N5O2. The van der Waals surface area contributed by atoms with Gasteiger partial charge in [-0.05, 0) is 42.5 Å². The van der Waals surface area contributed by atoms with Crippen LogP contribution in [0.5, 0.6) is 11.6 Å². The number of anilines is 1. The number of ether oxygens (including phenoxy) is 1. The van der Waals surface area contributed by atoms with Crippen LogP contribution in [-0.4, -0.2) is 25.8 Å². The maximum Gasteiger partial charge on any atom is 0.416 e. The lowest BCUT2D eigenvalue weighted by atomic mass is 10.1. The van der Waals surface area contributed by atoms with Crippen molar-refractivity contribution in [3.8, 4) is 23.0 Å². The number of nitrogens with zero attached hydrogens (tertiary/aromatic N) is 4. The molecule has 7 nitrogen and oxygen atoms in total. The molecule has 0 aliphatic heterocycles. The number of carbonyl (C=O) groups excluding carboxylic acids is 1. The van der Waals surface area contributed by atoms with Gasteiger partial charge in [0.1, 0.15) is 17.9 Å². The van der Waals surface area contributed by atoms with E-state index in [0.717, 1.165) is 12.1 Å². The van der Waals surface area contributed by atoms with E-state index in [1.807, 2.05) is 6.92 Å². The molecule has 0 unspecified atom stereocenters. The summed E-state index contributed by atoms with van der Waals surface area (Å²) in [7, 11) is 0. The number of rotatable bonds is 6. The van der Waals surface area contributed by atoms with E-state index in [9.17, 15) is 18.0 Å². The topological polar surface area (TPSA) is 89.9 Å². The zero-order chi connectivity index (χ0) is 25.9. The van der Waals surface area contributed by atoms with Crippen molar-refractivity contribution in [2.24, 2.45) is 0 Å². The van der Waals surface area contributed by atoms with Crippen molar-refractivity contribution >= 4 is 34.8 Å². The molecule has 0 saturated heterocycles. The van der Waals surface area contributed by atoms with Crippen molar-refractivity contribution in [1.82, 2.24) is 19.9 Å². The van der Waals surface area contributed by atoms with Gasteiger partial charge in [-0.3, -0.25) is 4.79 Å². The summed E-state index contributed by atoms with van der Waals surface area (Å²) in [5.41, 5.74) is -0.764. The number of halogens is 5. The van der Waals surface area contributed by atoms with Gasteiger partial charge in [0.2, 0.25) is 5.88 Å². The van der Waals surface area contributed by atoms with E-state index >= 15 is 0 Å². The summed E-state index contributed by atoms with van der Waals surface area (Å²) in [4.78, 5) is 29.6. The number of hydrogen-bond donors (Lipinski definition) is 1. The molecule has 2 aromatic carbocycles. The number of aromatic nitrogens is 4. The third kappa shape index (κ3) is 5.72. The van der Waals surface area contributed by atoms with Crippen LogP contribution in [0, 0.1) is 0 Å². The SMILES string of the molecule is CCc1ncnc(-c2cccnc2Oc2ccc(Cl)c(NC(=O)c3cc(C(F)(F)F)ccc3Cl)c2)n1. The highest BCUT2D eigenvalue weighted by Crippen LogP contribution is 2.35. The van der Waals surface area contributed by atoms with Crippen LogP contribution in [0.15, 0.2) is 61.1 Å². The Labute approximate surface area is 213 Å². The molecule has 0 bridgehead atoms. The van der Waals surface area contributed by atoms with Crippen molar-refractivity contribution in [1.29, 1.82) is 0 Å². The summed E-state index contributed by atoms with van der Waals surface area (Å²) in [6, 6.07) is 10.3. The molecule has 0 aliphatic rings. The second-order valence-electron chi connectivity index (χ2n) is 7.33. The number of nitrogens with one attached hydrogen (secondary N) is 1. The van der Waals surface area contributed by atoms with Crippen LogP contribution in [0.3, 0.4) is 0 Å². The quantitative estimate of drug-likeness (QED) is 0.291. The maximum absolute atomic E-state index is 13.1. The highest BCUT2D eigenvalue weighted by molar-refractivity contribution is 6.36. The molecule has 36 heavy (non-hydrogen) atoms. The summed E-state index contributed by atoms with van der Waals surface area (Å²) in [5.74, 6) is 0.521. The van der Waals surface area contributed by atoms with Gasteiger partial charge >= 0.3 is 6.18 Å². The Hall–Kier alpha value is -3.76. The summed E-state index contributed by atoms with van der Waals surface area (Å²) < 4.78 is 45.2. The van der Waals surface area contributed by atoms with Gasteiger partial charge in [0.15, 0.2) is 5.82 Å². The van der Waals surface area contributed by atoms with E-state index in [1.54, 1.807) is 18.2 Å². The van der Waals surface area contributed by atoms with Gasteiger partial charge in [-0.25, -0.2) is 19.9 Å². The molecule has 184 valence electrons. The molecule has 0 fully saturated rings. The Balaban J connectivity index is 1.61. The first-order valence-electron chi connectivity index (χ1n) is 10.4. The third-order valence-corrected chi connectivity index (χ3v) is 5.55. The number of carbonyl (C=O) groups is 1. The van der Waals surface area contributed by atoms with Gasteiger partial charge in [-0.2, -0.15) is 13.2 Å². The molecule has 2 heterocycles. The van der Waals surface area contributed by atoms with Crippen molar-refractivity contribution in [2.75, 3.05) is 5.32 Å². The zero-order valence-corrected chi connectivity index (χ0v) is 20.0. The van der Waals surface area contributed by atoms with Crippen LogP contribution in [0.4, 0.5) is 18.9 Å². The van der Waals surface area contributed by atoms with Crippen LogP contribution in [0.25, 0.3) is 11.4 Å². The smallest absolute Gasteiger partial charge is 0.416 e. The van der Waals surface area contributed by atoms with Crippen LogP contribution in [0.2, 0.25) is 10.0 Å². The Morgan fingerprint density at radius 3 is 2.56 bits per heavy atom. The fourth-order valence-corrected chi connectivity index (χ4v) is 3.48. The molecule has 0 saturated carbocycles. The lowest BCUT2D eigenvalue weighted by Gasteiger charge is -2.13. The van der Waals surface area contributed by atoms with Crippen LogP contribution >= 0.6 is 23.2 Å². The second-order valence-corrected chi connectivity index (χ2v) is 8.14. The highest BCUT2D eigenvalue weighted by atomic mass is 35.5. The number of pyridine rings is 1. The van der Waals surface area contributed by atoms with E-state index in [4.69, 9.17) is 27.9 Å². The lowest BCUT2D eigenvalue weighted by molar-refractivity contribution is -0.137. The average Bonchev–Trinajstić information content (AvgIpc) is 2.86. The lowest BCUT2D eigenvalue weighted by Crippen LogP contribution is -2.15. The first-order chi connectivity index (χ1) is 17.2. The molecule has 2 aromatic heterocycles. The molecule has 0 atom stereocenters. The van der Waals surface area contributed by atoms with Gasteiger partial charge < -0.3 is 10.1 Å². The molecule has 4 rings (SSSR count). The second kappa shape index (κ2) is 10.5. The van der Waals surface area contributed by atoms with Crippen LogP contribution in [0.1, 0.15) is 28.7 Å². The largest absolute Gasteiger partial charge is 0.438 e. The van der Waals surface area contributed by atoms with Gasteiger partial charge in [0, 0.05) is 18.7 Å². The van der Waals surface area contributed by atoms with Crippen molar-refractivity contribution in [3.63, 3.8) is 0 Å². The number of amides is 1. The van der Waals surface area contributed by atoms with Gasteiger partial charge in [-0.1, -0.05) is 30.1 Å². The zero-order valence-electron chi connectivity index (χ0n) is 18.5. The maximum atomic E-state index is 13.1. The van der Waals surface area contributed by atoms with Crippen LogP contribution in [-0.2, 0) is 12.6 Å². The van der Waals surface area contributed by atoms with Gasteiger partial charge in [-0.15, -0.1) is 0 Å². The summed E-state index contributed by atoms with van der Waals surface area (Å²) in [6.07, 6.45) is -1.11. The minimum Gasteiger partial charge on any atom is -0.438 e. The Bertz CT molecular complexity index is 1430. The van der Waals surface area contributed by atoms with Crippen molar-refractivity contribution in [2.45, 2.75) is 19.5 Å². The molecular weight excluding hydrogens is 518 g/mol. The number of alkyl halides is 3. The predicted molar refractivity (Wildman–Crippen MR) is 128 cm³/mol. The van der Waals surface area contributed by atoms with E-state index in [2.05, 4.69) is 25.3 Å². The fraction of sp³-hybridized carbons (Fsp3) is 0.125. The summed E-state index contributed by atoms with van der Waals surface area (Å²) >= 11 is 12.2. The molecule has 12 heteroatoms. The molecule has 1 N–H and O–H groups in total. The van der Waals surface area contributed by atoms with Gasteiger partial charge in [0.05, 0.1) is 32.4 Å².